The Hall–Kier alpha value is -0.610. The van der Waals surface area contributed by atoms with E-state index in [0.717, 1.165) is 19.5 Å². The monoisotopic (exact) mass is 256 g/mol. The highest BCUT2D eigenvalue weighted by Crippen LogP contribution is 2.21. The number of aliphatic hydroxyl groups is 1. The maximum atomic E-state index is 11.7. The number of rotatable bonds is 7. The zero-order valence-electron chi connectivity index (χ0n) is 12.0. The summed E-state index contributed by atoms with van der Waals surface area (Å²) in [6, 6.07) is 0. The third-order valence-electron chi connectivity index (χ3n) is 3.55. The van der Waals surface area contributed by atoms with Gasteiger partial charge >= 0.3 is 0 Å². The van der Waals surface area contributed by atoms with Gasteiger partial charge in [-0.25, -0.2) is 0 Å². The number of aliphatic hydroxyl groups excluding tert-OH is 1. The first kappa shape index (κ1) is 15.4. The number of hydrogen-bond donors (Lipinski definition) is 3. The molecule has 0 spiro atoms. The van der Waals surface area contributed by atoms with E-state index in [1.54, 1.807) is 6.92 Å². The van der Waals surface area contributed by atoms with Crippen molar-refractivity contribution < 1.29 is 9.90 Å². The van der Waals surface area contributed by atoms with Crippen LogP contribution in [0.3, 0.4) is 0 Å². The van der Waals surface area contributed by atoms with Crippen LogP contribution >= 0.6 is 0 Å². The molecule has 0 bridgehead atoms. The number of carbonyl (C=O) groups excluding carboxylic acids is 1. The Bertz CT molecular complexity index is 259. The molecule has 0 saturated carbocycles. The van der Waals surface area contributed by atoms with Gasteiger partial charge in [0.05, 0.1) is 6.10 Å². The molecule has 1 aliphatic heterocycles. The van der Waals surface area contributed by atoms with Gasteiger partial charge < -0.3 is 15.7 Å². The lowest BCUT2D eigenvalue weighted by Gasteiger charge is -2.26. The molecule has 1 amide bonds. The van der Waals surface area contributed by atoms with Crippen molar-refractivity contribution >= 4 is 5.91 Å². The van der Waals surface area contributed by atoms with Crippen LogP contribution < -0.4 is 10.6 Å². The van der Waals surface area contributed by atoms with Crippen LogP contribution in [-0.2, 0) is 4.79 Å². The number of hydrogen-bond acceptors (Lipinski definition) is 3. The standard InChI is InChI=1S/C14H28N2O2/c1-11(17)8-14(2,3)10-16-13(18)5-4-12-6-7-15-9-12/h11-12,15,17H,4-10H2,1-3H3,(H,16,18). The molecule has 1 aliphatic rings. The SMILES string of the molecule is CC(O)CC(C)(C)CNC(=O)CCC1CCNC1. The smallest absolute Gasteiger partial charge is 0.220 e. The van der Waals surface area contributed by atoms with Crippen molar-refractivity contribution in [1.29, 1.82) is 0 Å². The fourth-order valence-corrected chi connectivity index (χ4v) is 2.59. The van der Waals surface area contributed by atoms with E-state index in [2.05, 4.69) is 24.5 Å². The first-order chi connectivity index (χ1) is 8.39. The Morgan fingerprint density at radius 1 is 1.56 bits per heavy atom. The minimum Gasteiger partial charge on any atom is -0.393 e. The fourth-order valence-electron chi connectivity index (χ4n) is 2.59. The van der Waals surface area contributed by atoms with Crippen LogP contribution in [0.15, 0.2) is 0 Å². The number of nitrogens with one attached hydrogen (secondary N) is 2. The molecule has 4 nitrogen and oxygen atoms in total. The van der Waals surface area contributed by atoms with Gasteiger partial charge in [0.2, 0.25) is 5.91 Å². The molecule has 18 heavy (non-hydrogen) atoms. The van der Waals surface area contributed by atoms with E-state index >= 15 is 0 Å². The average molecular weight is 256 g/mol. The van der Waals surface area contributed by atoms with Crippen LogP contribution in [0, 0.1) is 11.3 Å². The molecule has 1 rings (SSSR count). The second kappa shape index (κ2) is 7.10. The summed E-state index contributed by atoms with van der Waals surface area (Å²) in [5, 5.41) is 15.7. The average Bonchev–Trinajstić information content (AvgIpc) is 2.74. The van der Waals surface area contributed by atoms with E-state index in [-0.39, 0.29) is 17.4 Å². The normalized spacial score (nSPS) is 21.9. The molecular formula is C14H28N2O2. The first-order valence-electron chi connectivity index (χ1n) is 7.04. The molecule has 1 saturated heterocycles. The van der Waals surface area contributed by atoms with Gasteiger partial charge in [-0.05, 0) is 50.6 Å². The molecule has 0 aromatic carbocycles. The van der Waals surface area contributed by atoms with Gasteiger partial charge in [0.25, 0.3) is 0 Å². The van der Waals surface area contributed by atoms with Gasteiger partial charge in [-0.1, -0.05) is 13.8 Å². The Labute approximate surface area is 111 Å². The van der Waals surface area contributed by atoms with Crippen molar-refractivity contribution in [2.24, 2.45) is 11.3 Å². The van der Waals surface area contributed by atoms with Crippen molar-refractivity contribution in [3.8, 4) is 0 Å². The van der Waals surface area contributed by atoms with Gasteiger partial charge in [-0.3, -0.25) is 4.79 Å². The van der Waals surface area contributed by atoms with E-state index in [1.165, 1.54) is 6.42 Å². The number of amides is 1. The molecule has 2 atom stereocenters. The van der Waals surface area contributed by atoms with Crippen LogP contribution in [0.25, 0.3) is 0 Å². The van der Waals surface area contributed by atoms with E-state index in [4.69, 9.17) is 0 Å². The van der Waals surface area contributed by atoms with Crippen molar-refractivity contribution in [2.75, 3.05) is 19.6 Å². The molecular weight excluding hydrogens is 228 g/mol. The second-order valence-electron chi connectivity index (χ2n) is 6.39. The Kier molecular flexibility index (Phi) is 6.09. The highest BCUT2D eigenvalue weighted by atomic mass is 16.3. The zero-order valence-corrected chi connectivity index (χ0v) is 12.0. The van der Waals surface area contributed by atoms with Crippen molar-refractivity contribution in [3.63, 3.8) is 0 Å². The summed E-state index contributed by atoms with van der Waals surface area (Å²) >= 11 is 0. The van der Waals surface area contributed by atoms with Crippen LogP contribution in [0.5, 0.6) is 0 Å². The lowest BCUT2D eigenvalue weighted by atomic mass is 9.87. The molecule has 1 heterocycles. The predicted molar refractivity (Wildman–Crippen MR) is 73.3 cm³/mol. The predicted octanol–water partition coefficient (Wildman–Crippen LogP) is 1.29. The minimum absolute atomic E-state index is 0.0429. The van der Waals surface area contributed by atoms with Crippen molar-refractivity contribution in [3.05, 3.63) is 0 Å². The quantitative estimate of drug-likeness (QED) is 0.643. The molecule has 2 unspecified atom stereocenters. The first-order valence-corrected chi connectivity index (χ1v) is 7.04. The summed E-state index contributed by atoms with van der Waals surface area (Å²) < 4.78 is 0. The minimum atomic E-state index is -0.318. The van der Waals surface area contributed by atoms with Crippen LogP contribution in [0.2, 0.25) is 0 Å². The highest BCUT2D eigenvalue weighted by Gasteiger charge is 2.21. The second-order valence-corrected chi connectivity index (χ2v) is 6.39. The van der Waals surface area contributed by atoms with Crippen molar-refractivity contribution in [1.82, 2.24) is 10.6 Å². The van der Waals surface area contributed by atoms with Gasteiger partial charge in [0.1, 0.15) is 0 Å². The van der Waals surface area contributed by atoms with Crippen LogP contribution in [0.1, 0.15) is 46.5 Å². The molecule has 0 aliphatic carbocycles. The van der Waals surface area contributed by atoms with Gasteiger partial charge in [-0.2, -0.15) is 0 Å². The fraction of sp³-hybridized carbons (Fsp3) is 0.929. The van der Waals surface area contributed by atoms with E-state index in [0.29, 0.717) is 25.3 Å². The molecule has 0 aromatic heterocycles. The molecule has 1 fully saturated rings. The van der Waals surface area contributed by atoms with E-state index < -0.39 is 0 Å². The summed E-state index contributed by atoms with van der Waals surface area (Å²) in [6.07, 6.45) is 3.19. The van der Waals surface area contributed by atoms with E-state index in [9.17, 15) is 9.90 Å². The van der Waals surface area contributed by atoms with Gasteiger partial charge in [-0.15, -0.1) is 0 Å². The molecule has 0 radical (unpaired) electrons. The van der Waals surface area contributed by atoms with Crippen LogP contribution in [0.4, 0.5) is 0 Å². The topological polar surface area (TPSA) is 61.4 Å². The molecule has 0 aromatic rings. The summed E-state index contributed by atoms with van der Waals surface area (Å²) in [4.78, 5) is 11.7. The highest BCUT2D eigenvalue weighted by molar-refractivity contribution is 5.75. The summed E-state index contributed by atoms with van der Waals surface area (Å²) in [6.45, 7) is 8.71. The summed E-state index contributed by atoms with van der Waals surface area (Å²) in [5.74, 6) is 0.807. The summed E-state index contributed by atoms with van der Waals surface area (Å²) in [7, 11) is 0. The van der Waals surface area contributed by atoms with Crippen molar-refractivity contribution in [2.45, 2.75) is 52.6 Å². The van der Waals surface area contributed by atoms with E-state index in [1.807, 2.05) is 0 Å². The van der Waals surface area contributed by atoms with Gasteiger partial charge in [0, 0.05) is 13.0 Å². The third-order valence-corrected chi connectivity index (χ3v) is 3.55. The lowest BCUT2D eigenvalue weighted by molar-refractivity contribution is -0.121. The number of carbonyl (C=O) groups is 1. The Balaban J connectivity index is 2.15. The Morgan fingerprint density at radius 2 is 2.28 bits per heavy atom. The molecule has 3 N–H and O–H groups in total. The lowest BCUT2D eigenvalue weighted by Crippen LogP contribution is -2.35. The maximum absolute atomic E-state index is 11.7. The Morgan fingerprint density at radius 3 is 2.83 bits per heavy atom. The summed E-state index contributed by atoms with van der Waals surface area (Å²) in [5.41, 5.74) is -0.0429. The third kappa shape index (κ3) is 6.36. The van der Waals surface area contributed by atoms with Crippen LogP contribution in [-0.4, -0.2) is 36.8 Å². The molecule has 106 valence electrons. The molecule has 4 heteroatoms. The maximum Gasteiger partial charge on any atom is 0.220 e. The largest absolute Gasteiger partial charge is 0.393 e. The zero-order chi connectivity index (χ0) is 13.6. The van der Waals surface area contributed by atoms with Gasteiger partial charge in [0.15, 0.2) is 0 Å².